The number of aryl methyl sites for hydroxylation is 1. The van der Waals surface area contributed by atoms with Crippen molar-refractivity contribution >= 4 is 29.8 Å². The smallest absolute Gasteiger partial charge is 0.225 e. The molecule has 2 N–H and O–H groups in total. The summed E-state index contributed by atoms with van der Waals surface area (Å²) in [5.41, 5.74) is 0.363. The van der Waals surface area contributed by atoms with Crippen LogP contribution < -0.4 is 5.14 Å². The molecule has 0 atom stereocenters. The lowest BCUT2D eigenvalue weighted by atomic mass is 10.2. The van der Waals surface area contributed by atoms with Crippen molar-refractivity contribution in [3.63, 3.8) is 0 Å². The van der Waals surface area contributed by atoms with Gasteiger partial charge in [-0.3, -0.25) is 0 Å². The number of sulfonamides is 1. The largest absolute Gasteiger partial charge is 0.261 e. The molecular weight excluding hydrogens is 262 g/mol. The number of primary sulfonamides is 1. The minimum Gasteiger partial charge on any atom is -0.225 e. The van der Waals surface area contributed by atoms with E-state index in [4.69, 9.17) is 15.8 Å². The first-order valence-electron chi connectivity index (χ1n) is 3.70. The highest BCUT2D eigenvalue weighted by atomic mass is 35.7. The standard InChI is InChI=1S/C7H8ClNO4S2/c1-5-2-3-6(14(8,10)11)4-7(5)15(9,12)13/h2-4H,1H3,(H2,9,12,13). The van der Waals surface area contributed by atoms with Crippen molar-refractivity contribution in [3.05, 3.63) is 23.8 Å². The fraction of sp³-hybridized carbons (Fsp3) is 0.143. The molecular formula is C7H8ClNO4S2. The quantitative estimate of drug-likeness (QED) is 0.794. The first-order chi connectivity index (χ1) is 6.62. The first kappa shape index (κ1) is 12.4. The summed E-state index contributed by atoms with van der Waals surface area (Å²) in [6.07, 6.45) is 0. The van der Waals surface area contributed by atoms with E-state index in [1.54, 1.807) is 0 Å². The van der Waals surface area contributed by atoms with Gasteiger partial charge in [0.25, 0.3) is 9.05 Å². The molecule has 0 radical (unpaired) electrons. The molecule has 0 aliphatic heterocycles. The van der Waals surface area contributed by atoms with Crippen LogP contribution in [-0.4, -0.2) is 16.8 Å². The molecule has 1 aromatic rings. The second-order valence-corrected chi connectivity index (χ2v) is 7.01. The Balaban J connectivity index is 3.57. The van der Waals surface area contributed by atoms with E-state index in [1.165, 1.54) is 19.1 Å². The van der Waals surface area contributed by atoms with Gasteiger partial charge in [-0.05, 0) is 24.6 Å². The maximum absolute atomic E-state index is 11.1. The van der Waals surface area contributed by atoms with Gasteiger partial charge in [0.1, 0.15) is 0 Å². The number of benzene rings is 1. The van der Waals surface area contributed by atoms with Crippen LogP contribution in [0.2, 0.25) is 0 Å². The molecule has 0 amide bonds. The molecule has 0 saturated heterocycles. The number of rotatable bonds is 2. The molecule has 1 aromatic carbocycles. The van der Waals surface area contributed by atoms with Crippen molar-refractivity contribution in [3.8, 4) is 0 Å². The number of hydrogen-bond donors (Lipinski definition) is 1. The molecule has 0 aliphatic carbocycles. The van der Waals surface area contributed by atoms with Gasteiger partial charge in [0, 0.05) is 10.7 Å². The van der Waals surface area contributed by atoms with Gasteiger partial charge in [-0.1, -0.05) is 6.07 Å². The normalized spacial score (nSPS) is 12.7. The van der Waals surface area contributed by atoms with Gasteiger partial charge in [-0.2, -0.15) is 0 Å². The Hall–Kier alpha value is -0.630. The van der Waals surface area contributed by atoms with E-state index in [2.05, 4.69) is 0 Å². The van der Waals surface area contributed by atoms with E-state index in [9.17, 15) is 16.8 Å². The fourth-order valence-corrected chi connectivity index (χ4v) is 2.70. The first-order valence-corrected chi connectivity index (χ1v) is 7.56. The van der Waals surface area contributed by atoms with Crippen LogP contribution >= 0.6 is 10.7 Å². The molecule has 0 spiro atoms. The average Bonchev–Trinajstić information content (AvgIpc) is 2.00. The van der Waals surface area contributed by atoms with E-state index >= 15 is 0 Å². The minimum atomic E-state index is -3.95. The van der Waals surface area contributed by atoms with Crippen molar-refractivity contribution in [1.82, 2.24) is 0 Å². The lowest BCUT2D eigenvalue weighted by molar-refractivity contribution is 0.596. The highest BCUT2D eigenvalue weighted by molar-refractivity contribution is 8.13. The van der Waals surface area contributed by atoms with Crippen LogP contribution in [0.1, 0.15) is 5.56 Å². The molecule has 0 saturated carbocycles. The van der Waals surface area contributed by atoms with Crippen LogP contribution in [0.4, 0.5) is 0 Å². The number of nitrogens with two attached hydrogens (primary N) is 1. The van der Waals surface area contributed by atoms with Crippen LogP contribution in [0.3, 0.4) is 0 Å². The molecule has 5 nitrogen and oxygen atoms in total. The predicted octanol–water partition coefficient (Wildman–Crippen LogP) is 0.570. The van der Waals surface area contributed by atoms with Crippen molar-refractivity contribution in [2.45, 2.75) is 16.7 Å². The zero-order chi connectivity index (χ0) is 11.9. The summed E-state index contributed by atoms with van der Waals surface area (Å²) < 4.78 is 44.1. The van der Waals surface area contributed by atoms with Crippen molar-refractivity contribution in [2.75, 3.05) is 0 Å². The van der Waals surface area contributed by atoms with E-state index in [1.807, 2.05) is 0 Å². The lowest BCUT2D eigenvalue weighted by Gasteiger charge is -2.04. The molecule has 1 rings (SSSR count). The lowest BCUT2D eigenvalue weighted by Crippen LogP contribution is -2.14. The van der Waals surface area contributed by atoms with Gasteiger partial charge >= 0.3 is 0 Å². The summed E-state index contributed by atoms with van der Waals surface area (Å²) in [6, 6.07) is 3.48. The fourth-order valence-electron chi connectivity index (χ4n) is 1.04. The molecule has 15 heavy (non-hydrogen) atoms. The molecule has 0 heterocycles. The van der Waals surface area contributed by atoms with Crippen LogP contribution in [0, 0.1) is 6.92 Å². The average molecular weight is 270 g/mol. The monoisotopic (exact) mass is 269 g/mol. The van der Waals surface area contributed by atoms with Gasteiger partial charge in [0.05, 0.1) is 9.79 Å². The Morgan fingerprint density at radius 3 is 2.13 bits per heavy atom. The van der Waals surface area contributed by atoms with Gasteiger partial charge in [0.15, 0.2) is 0 Å². The highest BCUT2D eigenvalue weighted by Gasteiger charge is 2.17. The summed E-state index contributed by atoms with van der Waals surface area (Å²) in [4.78, 5) is -0.539. The zero-order valence-electron chi connectivity index (χ0n) is 7.64. The van der Waals surface area contributed by atoms with Gasteiger partial charge in [0.2, 0.25) is 10.0 Å². The van der Waals surface area contributed by atoms with E-state index in [0.29, 0.717) is 5.56 Å². The topological polar surface area (TPSA) is 94.3 Å². The Morgan fingerprint density at radius 1 is 1.20 bits per heavy atom. The highest BCUT2D eigenvalue weighted by Crippen LogP contribution is 2.21. The van der Waals surface area contributed by atoms with Gasteiger partial charge < -0.3 is 0 Å². The van der Waals surface area contributed by atoms with Crippen LogP contribution in [-0.2, 0) is 19.1 Å². The summed E-state index contributed by atoms with van der Waals surface area (Å²) in [7, 11) is -2.82. The Bertz CT molecular complexity index is 591. The maximum atomic E-state index is 11.1. The van der Waals surface area contributed by atoms with Crippen molar-refractivity contribution in [2.24, 2.45) is 5.14 Å². The molecule has 0 aromatic heterocycles. The summed E-state index contributed by atoms with van der Waals surface area (Å²) in [5.74, 6) is 0. The van der Waals surface area contributed by atoms with Crippen LogP contribution in [0.5, 0.6) is 0 Å². The molecule has 0 aliphatic rings. The van der Waals surface area contributed by atoms with E-state index in [-0.39, 0.29) is 9.79 Å². The van der Waals surface area contributed by atoms with Crippen molar-refractivity contribution in [1.29, 1.82) is 0 Å². The number of hydrogen-bond acceptors (Lipinski definition) is 4. The SMILES string of the molecule is Cc1ccc(S(=O)(=O)Cl)cc1S(N)(=O)=O. The van der Waals surface area contributed by atoms with Crippen molar-refractivity contribution < 1.29 is 16.8 Å². The third-order valence-electron chi connectivity index (χ3n) is 1.75. The van der Waals surface area contributed by atoms with E-state index in [0.717, 1.165) is 6.07 Å². The molecule has 0 unspecified atom stereocenters. The minimum absolute atomic E-state index is 0.246. The van der Waals surface area contributed by atoms with Crippen LogP contribution in [0.15, 0.2) is 28.0 Å². The Kier molecular flexibility index (Phi) is 3.11. The second-order valence-electron chi connectivity index (χ2n) is 2.91. The van der Waals surface area contributed by atoms with Crippen LogP contribution in [0.25, 0.3) is 0 Å². The third kappa shape index (κ3) is 2.91. The van der Waals surface area contributed by atoms with Gasteiger partial charge in [-0.25, -0.2) is 22.0 Å². The van der Waals surface area contributed by atoms with E-state index < -0.39 is 19.1 Å². The summed E-state index contributed by atoms with van der Waals surface area (Å²) in [5, 5.41) is 4.90. The zero-order valence-corrected chi connectivity index (χ0v) is 10.0. The maximum Gasteiger partial charge on any atom is 0.261 e. The molecule has 0 bridgehead atoms. The Morgan fingerprint density at radius 2 is 1.73 bits per heavy atom. The second kappa shape index (κ2) is 3.75. The summed E-state index contributed by atoms with van der Waals surface area (Å²) in [6.45, 7) is 1.50. The molecule has 0 fully saturated rings. The summed E-state index contributed by atoms with van der Waals surface area (Å²) >= 11 is 0. The third-order valence-corrected chi connectivity index (χ3v) is 4.15. The molecule has 8 heteroatoms. The Labute approximate surface area is 92.3 Å². The molecule has 84 valence electrons. The predicted molar refractivity (Wildman–Crippen MR) is 55.6 cm³/mol. The number of halogens is 1. The van der Waals surface area contributed by atoms with Gasteiger partial charge in [-0.15, -0.1) is 0 Å².